The van der Waals surface area contributed by atoms with Gasteiger partial charge in [0.25, 0.3) is 0 Å². The van der Waals surface area contributed by atoms with E-state index in [9.17, 15) is 20.1 Å². The molecule has 7 heteroatoms. The summed E-state index contributed by atoms with van der Waals surface area (Å²) in [6.07, 6.45) is 1.41. The third kappa shape index (κ3) is 3.97. The van der Waals surface area contributed by atoms with Crippen LogP contribution < -0.4 is 5.32 Å². The SMILES string of the molecule is BC(CO)Cn1c(C(C)(C)C)cc2cc(NC(=O)C3(c4ccc(O)c(O)c4)CC3)ccc21. The smallest absolute Gasteiger partial charge is 0.235 e. The zero-order chi connectivity index (χ0) is 23.3. The van der Waals surface area contributed by atoms with Crippen LogP contribution in [0.25, 0.3) is 10.9 Å². The number of amides is 1. The van der Waals surface area contributed by atoms with E-state index in [4.69, 9.17) is 0 Å². The molecule has 0 bridgehead atoms. The number of nitrogens with one attached hydrogen (secondary N) is 1. The molecule has 1 aliphatic carbocycles. The predicted octanol–water partition coefficient (Wildman–Crippen LogP) is 3.43. The van der Waals surface area contributed by atoms with Crippen LogP contribution in [0.5, 0.6) is 11.5 Å². The second-order valence-electron chi connectivity index (χ2n) is 10.2. The van der Waals surface area contributed by atoms with Crippen molar-refractivity contribution >= 4 is 30.3 Å². The number of carbonyl (C=O) groups is 1. The van der Waals surface area contributed by atoms with Crippen molar-refractivity contribution in [2.75, 3.05) is 11.9 Å². The van der Waals surface area contributed by atoms with E-state index < -0.39 is 5.41 Å². The zero-order valence-corrected chi connectivity index (χ0v) is 19.1. The number of aliphatic hydroxyl groups is 1. The first-order valence-electron chi connectivity index (χ1n) is 11.1. The summed E-state index contributed by atoms with van der Waals surface area (Å²) < 4.78 is 2.27. The zero-order valence-electron chi connectivity index (χ0n) is 19.1. The van der Waals surface area contributed by atoms with Crippen molar-refractivity contribution in [3.05, 3.63) is 53.7 Å². The number of nitrogens with zero attached hydrogens (tertiary/aromatic N) is 1. The average Bonchev–Trinajstić information content (AvgIpc) is 3.47. The molecule has 0 aliphatic heterocycles. The Morgan fingerprint density at radius 1 is 1.12 bits per heavy atom. The molecular weight excluding hydrogens is 403 g/mol. The van der Waals surface area contributed by atoms with Gasteiger partial charge >= 0.3 is 0 Å². The van der Waals surface area contributed by atoms with Gasteiger partial charge in [-0.25, -0.2) is 0 Å². The molecule has 6 nitrogen and oxygen atoms in total. The van der Waals surface area contributed by atoms with Crippen LogP contribution in [0.4, 0.5) is 5.69 Å². The quantitative estimate of drug-likeness (QED) is 0.353. The Labute approximate surface area is 189 Å². The largest absolute Gasteiger partial charge is 0.504 e. The molecule has 4 N–H and O–H groups in total. The predicted molar refractivity (Wildman–Crippen MR) is 129 cm³/mol. The molecule has 32 heavy (non-hydrogen) atoms. The topological polar surface area (TPSA) is 94.7 Å². The normalized spacial score (nSPS) is 16.1. The maximum Gasteiger partial charge on any atom is 0.235 e. The molecule has 1 heterocycles. The van der Waals surface area contributed by atoms with Crippen molar-refractivity contribution in [1.29, 1.82) is 0 Å². The second-order valence-corrected chi connectivity index (χ2v) is 10.2. The highest BCUT2D eigenvalue weighted by Crippen LogP contribution is 2.50. The van der Waals surface area contributed by atoms with Crippen molar-refractivity contribution in [1.82, 2.24) is 4.57 Å². The van der Waals surface area contributed by atoms with Crippen LogP contribution >= 0.6 is 0 Å². The van der Waals surface area contributed by atoms with Crippen LogP contribution in [-0.2, 0) is 22.2 Å². The Morgan fingerprint density at radius 2 is 1.84 bits per heavy atom. The number of anilines is 1. The first kappa shape index (κ1) is 22.3. The van der Waals surface area contributed by atoms with E-state index in [-0.39, 0.29) is 35.2 Å². The third-order valence-corrected chi connectivity index (χ3v) is 6.45. The van der Waals surface area contributed by atoms with E-state index >= 15 is 0 Å². The molecule has 1 aliphatic rings. The Bertz CT molecular complexity index is 1170. The first-order valence-corrected chi connectivity index (χ1v) is 11.1. The number of aromatic hydroxyl groups is 2. The lowest BCUT2D eigenvalue weighted by atomic mass is 9.87. The number of phenols is 2. The molecule has 0 saturated heterocycles. The highest BCUT2D eigenvalue weighted by Gasteiger charge is 2.51. The summed E-state index contributed by atoms with van der Waals surface area (Å²) in [6.45, 7) is 7.38. The molecule has 0 spiro atoms. The van der Waals surface area contributed by atoms with Gasteiger partial charge < -0.3 is 25.2 Å². The van der Waals surface area contributed by atoms with Gasteiger partial charge in [-0.1, -0.05) is 26.8 Å². The average molecular weight is 434 g/mol. The second kappa shape index (κ2) is 7.89. The fourth-order valence-electron chi connectivity index (χ4n) is 4.38. The molecule has 1 amide bonds. The Balaban J connectivity index is 1.64. The summed E-state index contributed by atoms with van der Waals surface area (Å²) in [4.78, 5) is 13.2. The molecule has 4 rings (SSSR count). The monoisotopic (exact) mass is 434 g/mol. The van der Waals surface area contributed by atoms with Crippen LogP contribution in [-0.4, -0.2) is 40.2 Å². The van der Waals surface area contributed by atoms with Gasteiger partial charge in [0.05, 0.1) is 5.41 Å². The van der Waals surface area contributed by atoms with Gasteiger partial charge in [-0.05, 0) is 60.6 Å². The number of aliphatic hydroxyl groups excluding tert-OH is 1. The molecule has 1 fully saturated rings. The van der Waals surface area contributed by atoms with Gasteiger partial charge in [0.2, 0.25) is 5.91 Å². The lowest BCUT2D eigenvalue weighted by Gasteiger charge is -2.23. The molecule has 1 unspecified atom stereocenters. The fourth-order valence-corrected chi connectivity index (χ4v) is 4.38. The minimum atomic E-state index is -0.667. The van der Waals surface area contributed by atoms with Crippen molar-refractivity contribution in [2.24, 2.45) is 0 Å². The molecule has 168 valence electrons. The minimum Gasteiger partial charge on any atom is -0.504 e. The highest BCUT2D eigenvalue weighted by atomic mass is 16.3. The van der Waals surface area contributed by atoms with Gasteiger partial charge in [0.15, 0.2) is 11.5 Å². The summed E-state index contributed by atoms with van der Waals surface area (Å²) in [5.74, 6) is -0.366. The Hall–Kier alpha value is -2.93. The Morgan fingerprint density at radius 3 is 2.44 bits per heavy atom. The van der Waals surface area contributed by atoms with Gasteiger partial charge in [-0.2, -0.15) is 0 Å². The van der Waals surface area contributed by atoms with E-state index in [1.54, 1.807) is 6.07 Å². The molecule has 2 aromatic carbocycles. The third-order valence-electron chi connectivity index (χ3n) is 6.45. The lowest BCUT2D eigenvalue weighted by Crippen LogP contribution is -2.27. The van der Waals surface area contributed by atoms with Gasteiger partial charge in [0.1, 0.15) is 7.85 Å². The molecule has 1 aromatic heterocycles. The number of rotatable bonds is 6. The molecule has 1 saturated carbocycles. The number of hydrogen-bond donors (Lipinski definition) is 4. The summed E-state index contributed by atoms with van der Waals surface area (Å²) in [7, 11) is 2.03. The molecule has 0 radical (unpaired) electrons. The molecule has 3 aromatic rings. The van der Waals surface area contributed by atoms with Crippen LogP contribution in [0.1, 0.15) is 44.9 Å². The summed E-state index contributed by atoms with van der Waals surface area (Å²) >= 11 is 0. The lowest BCUT2D eigenvalue weighted by molar-refractivity contribution is -0.118. The molecule has 1 atom stereocenters. The number of phenolic OH excluding ortho intramolecular Hbond substituents is 2. The van der Waals surface area contributed by atoms with Crippen molar-refractivity contribution in [3.8, 4) is 11.5 Å². The molecular formula is C25H31BN2O4. The summed E-state index contributed by atoms with van der Waals surface area (Å²) in [5.41, 5.74) is 2.98. The first-order chi connectivity index (χ1) is 15.0. The fraction of sp³-hybridized carbons (Fsp3) is 0.400. The Kier molecular flexibility index (Phi) is 5.49. The standard InChI is InChI=1S/C25H31BN2O4/c1-24(2,3)22-11-15-10-18(5-6-19(15)28(22)13-17(26)14-29)27-23(32)25(8-9-25)16-4-7-20(30)21(31)12-16/h4-7,10-12,17,29-31H,8-9,13-14,26H2,1-3H3,(H,27,32). The van der Waals surface area contributed by atoms with Crippen molar-refractivity contribution in [3.63, 3.8) is 0 Å². The van der Waals surface area contributed by atoms with Crippen LogP contribution in [0.2, 0.25) is 5.82 Å². The number of fused-ring (bicyclic) bond motifs is 1. The highest BCUT2D eigenvalue weighted by molar-refractivity contribution is 6.11. The van der Waals surface area contributed by atoms with Crippen LogP contribution in [0, 0.1) is 0 Å². The van der Waals surface area contributed by atoms with Gasteiger partial charge in [-0.3, -0.25) is 4.79 Å². The number of hydrogen-bond acceptors (Lipinski definition) is 4. The van der Waals surface area contributed by atoms with Crippen molar-refractivity contribution in [2.45, 2.75) is 56.8 Å². The summed E-state index contributed by atoms with van der Waals surface area (Å²) in [6, 6.07) is 12.7. The van der Waals surface area contributed by atoms with E-state index in [2.05, 4.69) is 36.7 Å². The van der Waals surface area contributed by atoms with E-state index in [0.29, 0.717) is 18.4 Å². The van der Waals surface area contributed by atoms with Crippen LogP contribution in [0.3, 0.4) is 0 Å². The van der Waals surface area contributed by atoms with E-state index in [1.807, 2.05) is 26.0 Å². The summed E-state index contributed by atoms with van der Waals surface area (Å²) in [5, 5.41) is 33.1. The van der Waals surface area contributed by atoms with E-state index in [0.717, 1.165) is 23.1 Å². The number of benzene rings is 2. The van der Waals surface area contributed by atoms with Crippen molar-refractivity contribution < 1.29 is 20.1 Å². The van der Waals surface area contributed by atoms with Gasteiger partial charge in [-0.15, -0.1) is 0 Å². The van der Waals surface area contributed by atoms with E-state index in [1.165, 1.54) is 17.8 Å². The maximum absolute atomic E-state index is 13.2. The maximum atomic E-state index is 13.2. The minimum absolute atomic E-state index is 0.0590. The van der Waals surface area contributed by atoms with Crippen LogP contribution in [0.15, 0.2) is 42.5 Å². The van der Waals surface area contributed by atoms with Gasteiger partial charge in [0, 0.05) is 40.9 Å². The number of carbonyl (C=O) groups excluding carboxylic acids is 1. The number of aromatic nitrogens is 1.